The number of piperazine rings is 1. The highest BCUT2D eigenvalue weighted by Gasteiger charge is 2.23. The highest BCUT2D eigenvalue weighted by molar-refractivity contribution is 7.87. The summed E-state index contributed by atoms with van der Waals surface area (Å²) in [6.45, 7) is 4.67. The fourth-order valence-electron chi connectivity index (χ4n) is 1.63. The number of aryl methyl sites for hydroxylation is 1. The number of nitrogens with one attached hydrogen (secondary N) is 2. The van der Waals surface area contributed by atoms with Crippen molar-refractivity contribution in [2.45, 2.75) is 13.5 Å². The Morgan fingerprint density at radius 2 is 2.24 bits per heavy atom. The van der Waals surface area contributed by atoms with Gasteiger partial charge in [0.2, 0.25) is 0 Å². The number of thiazole rings is 1. The number of hydrogen-bond donors (Lipinski definition) is 2. The lowest BCUT2D eigenvalue weighted by Crippen LogP contribution is -2.50. The summed E-state index contributed by atoms with van der Waals surface area (Å²) in [5.41, 5.74) is 2.61. The molecule has 1 fully saturated rings. The maximum Gasteiger partial charge on any atom is 0.279 e. The molecule has 0 amide bonds. The second kappa shape index (κ2) is 5.40. The summed E-state index contributed by atoms with van der Waals surface area (Å²) in [4.78, 5) is 5.05. The van der Waals surface area contributed by atoms with Crippen molar-refractivity contribution >= 4 is 21.5 Å². The lowest BCUT2D eigenvalue weighted by atomic mass is 10.4. The maximum absolute atomic E-state index is 12.0. The third-order valence-corrected chi connectivity index (χ3v) is 5.17. The Kier molecular flexibility index (Phi) is 4.10. The van der Waals surface area contributed by atoms with Crippen LogP contribution in [0.3, 0.4) is 0 Å². The van der Waals surface area contributed by atoms with E-state index >= 15 is 0 Å². The molecule has 2 heterocycles. The third kappa shape index (κ3) is 3.23. The molecule has 0 bridgehead atoms. The van der Waals surface area contributed by atoms with Crippen LogP contribution in [0.2, 0.25) is 0 Å². The monoisotopic (exact) mass is 276 g/mol. The van der Waals surface area contributed by atoms with E-state index in [0.29, 0.717) is 32.7 Å². The van der Waals surface area contributed by atoms with Gasteiger partial charge in [0.25, 0.3) is 10.2 Å². The number of rotatable bonds is 4. The van der Waals surface area contributed by atoms with Gasteiger partial charge in [0, 0.05) is 37.6 Å². The Bertz CT molecular complexity index is 465. The van der Waals surface area contributed by atoms with Gasteiger partial charge in [-0.3, -0.25) is 0 Å². The Labute approximate surface area is 105 Å². The van der Waals surface area contributed by atoms with Gasteiger partial charge in [0.05, 0.1) is 11.2 Å². The van der Waals surface area contributed by atoms with Crippen LogP contribution in [0, 0.1) is 6.92 Å². The van der Waals surface area contributed by atoms with Gasteiger partial charge < -0.3 is 5.32 Å². The van der Waals surface area contributed by atoms with Gasteiger partial charge in [-0.1, -0.05) is 0 Å². The van der Waals surface area contributed by atoms with Crippen LogP contribution in [0.1, 0.15) is 10.6 Å². The first kappa shape index (κ1) is 12.9. The fraction of sp³-hybridized carbons (Fsp3) is 0.667. The third-order valence-electron chi connectivity index (χ3n) is 2.68. The molecule has 1 saturated heterocycles. The summed E-state index contributed by atoms with van der Waals surface area (Å²) >= 11 is 1.47. The molecule has 1 aliphatic rings. The topological polar surface area (TPSA) is 74.3 Å². The van der Waals surface area contributed by atoms with E-state index in [-0.39, 0.29) is 0 Å². The Hall–Kier alpha value is -0.540. The minimum atomic E-state index is -3.35. The van der Waals surface area contributed by atoms with E-state index in [1.54, 1.807) is 5.51 Å². The van der Waals surface area contributed by atoms with E-state index < -0.39 is 10.2 Å². The van der Waals surface area contributed by atoms with Crippen molar-refractivity contribution in [3.63, 3.8) is 0 Å². The first-order chi connectivity index (χ1) is 8.09. The fourth-order valence-corrected chi connectivity index (χ4v) is 3.61. The highest BCUT2D eigenvalue weighted by atomic mass is 32.2. The lowest BCUT2D eigenvalue weighted by molar-refractivity contribution is 0.355. The SMILES string of the molecule is Cc1ncsc1CNS(=O)(=O)N1CCNCC1. The molecular formula is C9H16N4O2S2. The van der Waals surface area contributed by atoms with E-state index in [2.05, 4.69) is 15.0 Å². The molecule has 6 nitrogen and oxygen atoms in total. The summed E-state index contributed by atoms with van der Waals surface area (Å²) < 4.78 is 28.0. The zero-order valence-electron chi connectivity index (χ0n) is 9.64. The Morgan fingerprint density at radius 1 is 1.53 bits per heavy atom. The van der Waals surface area contributed by atoms with E-state index in [9.17, 15) is 8.42 Å². The summed E-state index contributed by atoms with van der Waals surface area (Å²) in [7, 11) is -3.35. The van der Waals surface area contributed by atoms with Crippen LogP contribution in [0.25, 0.3) is 0 Å². The summed E-state index contributed by atoms with van der Waals surface area (Å²) in [6.07, 6.45) is 0. The molecule has 1 aromatic rings. The van der Waals surface area contributed by atoms with Gasteiger partial charge in [-0.05, 0) is 6.92 Å². The van der Waals surface area contributed by atoms with Gasteiger partial charge >= 0.3 is 0 Å². The molecule has 0 aliphatic carbocycles. The zero-order chi connectivity index (χ0) is 12.3. The van der Waals surface area contributed by atoms with Gasteiger partial charge in [0.15, 0.2) is 0 Å². The molecule has 0 radical (unpaired) electrons. The van der Waals surface area contributed by atoms with Gasteiger partial charge in [-0.15, -0.1) is 11.3 Å². The summed E-state index contributed by atoms with van der Waals surface area (Å²) in [6, 6.07) is 0. The molecule has 0 saturated carbocycles. The van der Waals surface area contributed by atoms with Crippen LogP contribution < -0.4 is 10.0 Å². The van der Waals surface area contributed by atoms with Crippen LogP contribution in [-0.2, 0) is 16.8 Å². The number of aromatic nitrogens is 1. The molecule has 1 aliphatic heterocycles. The zero-order valence-corrected chi connectivity index (χ0v) is 11.3. The first-order valence-electron chi connectivity index (χ1n) is 5.44. The normalized spacial score (nSPS) is 18.4. The second-order valence-electron chi connectivity index (χ2n) is 3.84. The van der Waals surface area contributed by atoms with E-state index in [0.717, 1.165) is 10.6 Å². The van der Waals surface area contributed by atoms with Crippen LogP contribution in [0.15, 0.2) is 5.51 Å². The molecular weight excluding hydrogens is 260 g/mol. The number of hydrogen-bond acceptors (Lipinski definition) is 5. The number of nitrogens with zero attached hydrogens (tertiary/aromatic N) is 2. The molecule has 0 aromatic carbocycles. The second-order valence-corrected chi connectivity index (χ2v) is 6.53. The molecule has 17 heavy (non-hydrogen) atoms. The van der Waals surface area contributed by atoms with Crippen molar-refractivity contribution in [1.82, 2.24) is 19.3 Å². The quantitative estimate of drug-likeness (QED) is 0.791. The molecule has 0 atom stereocenters. The van der Waals surface area contributed by atoms with Crippen molar-refractivity contribution in [2.24, 2.45) is 0 Å². The lowest BCUT2D eigenvalue weighted by Gasteiger charge is -2.26. The average molecular weight is 276 g/mol. The van der Waals surface area contributed by atoms with E-state index in [1.165, 1.54) is 15.6 Å². The minimum Gasteiger partial charge on any atom is -0.314 e. The predicted octanol–water partition coefficient (Wildman–Crippen LogP) is -0.309. The van der Waals surface area contributed by atoms with Crippen LogP contribution >= 0.6 is 11.3 Å². The molecule has 0 unspecified atom stereocenters. The molecule has 1 aromatic heterocycles. The largest absolute Gasteiger partial charge is 0.314 e. The van der Waals surface area contributed by atoms with Gasteiger partial charge in [-0.2, -0.15) is 17.4 Å². The summed E-state index contributed by atoms with van der Waals surface area (Å²) in [5, 5.41) is 3.12. The average Bonchev–Trinajstić information content (AvgIpc) is 2.74. The molecule has 96 valence electrons. The van der Waals surface area contributed by atoms with Crippen molar-refractivity contribution in [2.75, 3.05) is 26.2 Å². The maximum atomic E-state index is 12.0. The minimum absolute atomic E-state index is 0.322. The highest BCUT2D eigenvalue weighted by Crippen LogP contribution is 2.12. The molecule has 8 heteroatoms. The predicted molar refractivity (Wildman–Crippen MR) is 67.1 cm³/mol. The van der Waals surface area contributed by atoms with Crippen LogP contribution in [-0.4, -0.2) is 43.9 Å². The molecule has 0 spiro atoms. The first-order valence-corrected chi connectivity index (χ1v) is 7.76. The Balaban J connectivity index is 1.95. The Morgan fingerprint density at radius 3 is 2.82 bits per heavy atom. The molecule has 2 N–H and O–H groups in total. The van der Waals surface area contributed by atoms with Crippen molar-refractivity contribution in [3.05, 3.63) is 16.1 Å². The smallest absolute Gasteiger partial charge is 0.279 e. The van der Waals surface area contributed by atoms with E-state index in [1.807, 2.05) is 6.92 Å². The van der Waals surface area contributed by atoms with Gasteiger partial charge in [0.1, 0.15) is 0 Å². The van der Waals surface area contributed by atoms with E-state index in [4.69, 9.17) is 0 Å². The van der Waals surface area contributed by atoms with Crippen molar-refractivity contribution in [3.8, 4) is 0 Å². The van der Waals surface area contributed by atoms with Crippen molar-refractivity contribution in [1.29, 1.82) is 0 Å². The van der Waals surface area contributed by atoms with Crippen molar-refractivity contribution < 1.29 is 8.42 Å². The van der Waals surface area contributed by atoms with Gasteiger partial charge in [-0.25, -0.2) is 4.98 Å². The molecule has 2 rings (SSSR count). The van der Waals surface area contributed by atoms with Crippen LogP contribution in [0.4, 0.5) is 0 Å². The van der Waals surface area contributed by atoms with Crippen LogP contribution in [0.5, 0.6) is 0 Å². The summed E-state index contributed by atoms with van der Waals surface area (Å²) in [5.74, 6) is 0. The standard InChI is InChI=1S/C9H16N4O2S2/c1-8-9(16-7-11-8)6-12-17(14,15)13-4-2-10-3-5-13/h7,10,12H,2-6H2,1H3.